The highest BCUT2D eigenvalue weighted by Crippen LogP contribution is 2.20. The van der Waals surface area contributed by atoms with Crippen LogP contribution in [0, 0.1) is 11.6 Å². The van der Waals surface area contributed by atoms with Gasteiger partial charge in [-0.1, -0.05) is 11.6 Å². The summed E-state index contributed by atoms with van der Waals surface area (Å²) in [7, 11) is 0. The van der Waals surface area contributed by atoms with Gasteiger partial charge in [-0.05, 0) is 38.5 Å². The minimum absolute atomic E-state index is 0.0490. The first-order valence-electron chi connectivity index (χ1n) is 5.13. The highest BCUT2D eigenvalue weighted by molar-refractivity contribution is 6.31. The number of carbonyl (C=O) groups is 1. The summed E-state index contributed by atoms with van der Waals surface area (Å²) in [6.45, 7) is 5.49. The highest BCUT2D eigenvalue weighted by Gasteiger charge is 2.16. The Morgan fingerprint density at radius 1 is 1.29 bits per heavy atom. The number of hydrogen-bond donors (Lipinski definition) is 1. The Morgan fingerprint density at radius 2 is 1.82 bits per heavy atom. The third-order valence-electron chi connectivity index (χ3n) is 1.95. The average Bonchev–Trinajstić information content (AvgIpc) is 2.11. The van der Waals surface area contributed by atoms with Gasteiger partial charge in [0.15, 0.2) is 11.6 Å². The number of halogens is 3. The number of rotatable bonds is 2. The molecule has 1 aromatic carbocycles. The minimum atomic E-state index is -1.02. The van der Waals surface area contributed by atoms with Crippen LogP contribution in [0.15, 0.2) is 12.1 Å². The Labute approximate surface area is 104 Å². The van der Waals surface area contributed by atoms with Crippen molar-refractivity contribution < 1.29 is 13.6 Å². The molecule has 0 aliphatic heterocycles. The molecule has 0 aliphatic carbocycles. The molecule has 1 aromatic rings. The van der Waals surface area contributed by atoms with Crippen LogP contribution in [-0.2, 0) is 11.2 Å². The van der Waals surface area contributed by atoms with E-state index in [-0.39, 0.29) is 28.5 Å². The molecule has 0 unspecified atom stereocenters. The summed E-state index contributed by atoms with van der Waals surface area (Å²) in [4.78, 5) is 11.6. The fraction of sp³-hybridized carbons (Fsp3) is 0.417. The molecule has 0 radical (unpaired) electrons. The summed E-state index contributed by atoms with van der Waals surface area (Å²) in [5.74, 6) is -2.31. The normalized spacial score (nSPS) is 11.4. The SMILES string of the molecule is CC(C)(C)NC(=O)Cc1cc(F)c(F)cc1Cl. The van der Waals surface area contributed by atoms with Gasteiger partial charge < -0.3 is 5.32 Å². The second-order valence-electron chi connectivity index (χ2n) is 4.83. The summed E-state index contributed by atoms with van der Waals surface area (Å²) < 4.78 is 25.8. The van der Waals surface area contributed by atoms with Crippen LogP contribution in [0.2, 0.25) is 5.02 Å². The second-order valence-corrected chi connectivity index (χ2v) is 5.24. The van der Waals surface area contributed by atoms with Crippen molar-refractivity contribution in [2.75, 3.05) is 0 Å². The van der Waals surface area contributed by atoms with Gasteiger partial charge in [-0.3, -0.25) is 4.79 Å². The van der Waals surface area contributed by atoms with E-state index < -0.39 is 11.6 Å². The topological polar surface area (TPSA) is 29.1 Å². The van der Waals surface area contributed by atoms with Crippen LogP contribution in [0.3, 0.4) is 0 Å². The van der Waals surface area contributed by atoms with Crippen molar-refractivity contribution in [2.45, 2.75) is 32.7 Å². The summed E-state index contributed by atoms with van der Waals surface area (Å²) >= 11 is 5.73. The van der Waals surface area contributed by atoms with Crippen molar-refractivity contribution in [3.8, 4) is 0 Å². The molecular weight excluding hydrogens is 248 g/mol. The van der Waals surface area contributed by atoms with Crippen LogP contribution in [0.5, 0.6) is 0 Å². The molecule has 2 nitrogen and oxygen atoms in total. The molecule has 0 aromatic heterocycles. The number of amides is 1. The zero-order valence-electron chi connectivity index (χ0n) is 9.90. The predicted octanol–water partition coefficient (Wildman–Crippen LogP) is 3.08. The van der Waals surface area contributed by atoms with E-state index in [0.29, 0.717) is 0 Å². The van der Waals surface area contributed by atoms with Gasteiger partial charge in [0.25, 0.3) is 0 Å². The third-order valence-corrected chi connectivity index (χ3v) is 2.31. The Morgan fingerprint density at radius 3 is 2.35 bits per heavy atom. The molecule has 1 N–H and O–H groups in total. The second kappa shape index (κ2) is 5.00. The maximum atomic E-state index is 13.0. The van der Waals surface area contributed by atoms with Crippen molar-refractivity contribution in [1.82, 2.24) is 5.32 Å². The fourth-order valence-corrected chi connectivity index (χ4v) is 1.55. The average molecular weight is 262 g/mol. The lowest BCUT2D eigenvalue weighted by atomic mass is 10.1. The minimum Gasteiger partial charge on any atom is -0.351 e. The number of benzene rings is 1. The summed E-state index contributed by atoms with van der Waals surface area (Å²) in [5, 5.41) is 2.76. The lowest BCUT2D eigenvalue weighted by molar-refractivity contribution is -0.121. The molecular formula is C12H14ClF2NO. The Kier molecular flexibility index (Phi) is 4.09. The van der Waals surface area contributed by atoms with Gasteiger partial charge >= 0.3 is 0 Å². The highest BCUT2D eigenvalue weighted by atomic mass is 35.5. The molecule has 1 amide bonds. The first-order valence-corrected chi connectivity index (χ1v) is 5.51. The maximum Gasteiger partial charge on any atom is 0.224 e. The molecule has 0 fully saturated rings. The molecule has 0 spiro atoms. The lowest BCUT2D eigenvalue weighted by Crippen LogP contribution is -2.41. The number of nitrogens with one attached hydrogen (secondary N) is 1. The first-order chi connectivity index (χ1) is 7.69. The molecule has 1 rings (SSSR count). The van der Waals surface area contributed by atoms with Crippen LogP contribution in [0.25, 0.3) is 0 Å². The van der Waals surface area contributed by atoms with Gasteiger partial charge in [-0.25, -0.2) is 8.78 Å². The van der Waals surface area contributed by atoms with Crippen LogP contribution in [-0.4, -0.2) is 11.4 Å². The van der Waals surface area contributed by atoms with Gasteiger partial charge in [-0.2, -0.15) is 0 Å². The maximum absolute atomic E-state index is 13.0. The molecule has 94 valence electrons. The number of carbonyl (C=O) groups excluding carboxylic acids is 1. The zero-order valence-corrected chi connectivity index (χ0v) is 10.7. The summed E-state index contributed by atoms with van der Waals surface area (Å²) in [5.41, 5.74) is -0.102. The quantitative estimate of drug-likeness (QED) is 0.815. The van der Waals surface area contributed by atoms with Gasteiger partial charge in [0.05, 0.1) is 6.42 Å². The van der Waals surface area contributed by atoms with Crippen molar-refractivity contribution in [1.29, 1.82) is 0 Å². The van der Waals surface area contributed by atoms with Crippen molar-refractivity contribution in [2.24, 2.45) is 0 Å². The van der Waals surface area contributed by atoms with Gasteiger partial charge in [-0.15, -0.1) is 0 Å². The zero-order chi connectivity index (χ0) is 13.2. The number of hydrogen-bond acceptors (Lipinski definition) is 1. The van der Waals surface area contributed by atoms with E-state index in [1.54, 1.807) is 0 Å². The summed E-state index contributed by atoms with van der Waals surface area (Å²) in [6, 6.07) is 1.82. The van der Waals surface area contributed by atoms with Crippen molar-refractivity contribution >= 4 is 17.5 Å². The molecule has 0 aliphatic rings. The smallest absolute Gasteiger partial charge is 0.224 e. The van der Waals surface area contributed by atoms with E-state index in [1.807, 2.05) is 20.8 Å². The van der Waals surface area contributed by atoms with E-state index in [9.17, 15) is 13.6 Å². The van der Waals surface area contributed by atoms with Gasteiger partial charge in [0, 0.05) is 10.6 Å². The van der Waals surface area contributed by atoms with Crippen LogP contribution in [0.4, 0.5) is 8.78 Å². The van der Waals surface area contributed by atoms with Crippen LogP contribution in [0.1, 0.15) is 26.3 Å². The summed E-state index contributed by atoms with van der Waals surface area (Å²) in [6.07, 6.45) is -0.0761. The van der Waals surface area contributed by atoms with E-state index in [0.717, 1.165) is 12.1 Å². The molecule has 0 saturated carbocycles. The van der Waals surface area contributed by atoms with E-state index >= 15 is 0 Å². The monoisotopic (exact) mass is 261 g/mol. The molecule has 17 heavy (non-hydrogen) atoms. The van der Waals surface area contributed by atoms with Crippen LogP contribution < -0.4 is 5.32 Å². The van der Waals surface area contributed by atoms with E-state index in [2.05, 4.69) is 5.32 Å². The Balaban J connectivity index is 2.82. The standard InChI is InChI=1S/C12H14ClF2NO/c1-12(2,3)16-11(17)5-7-4-9(14)10(15)6-8(7)13/h4,6H,5H2,1-3H3,(H,16,17). The molecule has 0 heterocycles. The molecule has 5 heteroatoms. The van der Waals surface area contributed by atoms with Gasteiger partial charge in [0.1, 0.15) is 0 Å². The first kappa shape index (κ1) is 13.9. The van der Waals surface area contributed by atoms with E-state index in [1.165, 1.54) is 0 Å². The third kappa shape index (κ3) is 4.30. The molecule has 0 atom stereocenters. The largest absolute Gasteiger partial charge is 0.351 e. The van der Waals surface area contributed by atoms with Crippen LogP contribution >= 0.6 is 11.6 Å². The van der Waals surface area contributed by atoms with E-state index in [4.69, 9.17) is 11.6 Å². The van der Waals surface area contributed by atoms with Crippen molar-refractivity contribution in [3.05, 3.63) is 34.4 Å². The Hall–Kier alpha value is -1.16. The van der Waals surface area contributed by atoms with Gasteiger partial charge in [0.2, 0.25) is 5.91 Å². The Bertz CT molecular complexity index is 441. The van der Waals surface area contributed by atoms with Crippen molar-refractivity contribution in [3.63, 3.8) is 0 Å². The lowest BCUT2D eigenvalue weighted by Gasteiger charge is -2.20. The molecule has 0 bridgehead atoms. The predicted molar refractivity (Wildman–Crippen MR) is 63.0 cm³/mol. The fourth-order valence-electron chi connectivity index (χ4n) is 1.33. The molecule has 0 saturated heterocycles.